The van der Waals surface area contributed by atoms with Crippen LogP contribution in [0.1, 0.15) is 13.2 Å². The Kier molecular flexibility index (Phi) is 5.73. The minimum absolute atomic E-state index is 0.0818. The average Bonchev–Trinajstić information content (AvgIpc) is 3.15. The van der Waals surface area contributed by atoms with Crippen molar-refractivity contribution < 1.29 is 43.7 Å². The topological polar surface area (TPSA) is 229 Å². The number of hydrogen-bond donors (Lipinski definition) is 7. The molecule has 2 aromatic heterocycles. The molecule has 5 atom stereocenters. The van der Waals surface area contributed by atoms with E-state index in [1.807, 2.05) is 0 Å². The lowest BCUT2D eigenvalue weighted by Crippen LogP contribution is -2.33. The van der Waals surface area contributed by atoms with Crippen molar-refractivity contribution in [2.24, 2.45) is 0 Å². The zero-order valence-electron chi connectivity index (χ0n) is 14.7. The molecule has 15 nitrogen and oxygen atoms in total. The maximum absolute atomic E-state index is 12.2. The largest absolute Gasteiger partial charge is 0.480 e. The number of phosphoric ester groups is 1. The first-order valence-corrected chi connectivity index (χ1v) is 9.69. The lowest BCUT2D eigenvalue weighted by atomic mass is 10.1. The number of aliphatic hydroxyl groups excluding tert-OH is 2. The maximum atomic E-state index is 12.2. The molecule has 29 heavy (non-hydrogen) atoms. The van der Waals surface area contributed by atoms with Crippen molar-refractivity contribution in [1.29, 1.82) is 0 Å². The first kappa shape index (κ1) is 21.3. The second-order valence-corrected chi connectivity index (χ2v) is 7.51. The molecule has 2 aromatic rings. The van der Waals surface area contributed by atoms with Gasteiger partial charge < -0.3 is 35.2 Å². The van der Waals surface area contributed by atoms with E-state index in [4.69, 9.17) is 19.6 Å². The molecule has 3 heterocycles. The molecule has 0 aliphatic carbocycles. The Morgan fingerprint density at radius 3 is 2.76 bits per heavy atom. The highest BCUT2D eigenvalue weighted by Gasteiger charge is 2.45. The molecule has 0 bridgehead atoms. The quantitative estimate of drug-likeness (QED) is 0.228. The van der Waals surface area contributed by atoms with Gasteiger partial charge >= 0.3 is 13.8 Å². The van der Waals surface area contributed by atoms with E-state index in [0.29, 0.717) is 0 Å². The van der Waals surface area contributed by atoms with Crippen LogP contribution >= 0.6 is 7.82 Å². The third kappa shape index (κ3) is 4.45. The number of aromatic nitrogens is 4. The van der Waals surface area contributed by atoms with Gasteiger partial charge in [0.25, 0.3) is 5.56 Å². The molecule has 1 fully saturated rings. The van der Waals surface area contributed by atoms with Crippen molar-refractivity contribution in [2.75, 3.05) is 11.9 Å². The number of carbonyl (C=O) groups is 1. The van der Waals surface area contributed by atoms with E-state index in [-0.39, 0.29) is 17.1 Å². The van der Waals surface area contributed by atoms with Crippen molar-refractivity contribution in [3.63, 3.8) is 0 Å². The molecule has 0 unspecified atom stereocenters. The van der Waals surface area contributed by atoms with Gasteiger partial charge in [-0.2, -0.15) is 4.98 Å². The van der Waals surface area contributed by atoms with Crippen molar-refractivity contribution in [3.8, 4) is 0 Å². The summed E-state index contributed by atoms with van der Waals surface area (Å²) in [5.74, 6) is -1.36. The fraction of sp³-hybridized carbons (Fsp3) is 0.538. The van der Waals surface area contributed by atoms with Crippen LogP contribution in [0.5, 0.6) is 0 Å². The average molecular weight is 435 g/mol. The number of phosphoric acid groups is 1. The van der Waals surface area contributed by atoms with Gasteiger partial charge in [-0.25, -0.2) is 9.55 Å². The second-order valence-electron chi connectivity index (χ2n) is 6.28. The van der Waals surface area contributed by atoms with Gasteiger partial charge in [-0.3, -0.25) is 23.7 Å². The van der Waals surface area contributed by atoms with Crippen molar-refractivity contribution in [2.45, 2.75) is 37.5 Å². The highest BCUT2D eigenvalue weighted by Crippen LogP contribution is 2.38. The van der Waals surface area contributed by atoms with Crippen LogP contribution in [-0.4, -0.2) is 81.6 Å². The first-order valence-electron chi connectivity index (χ1n) is 8.16. The van der Waals surface area contributed by atoms with Gasteiger partial charge in [-0.15, -0.1) is 0 Å². The van der Waals surface area contributed by atoms with Crippen LogP contribution in [-0.2, 0) is 18.6 Å². The molecule has 160 valence electrons. The lowest BCUT2D eigenvalue weighted by Gasteiger charge is -2.17. The SMILES string of the molecule is C[C@H](Nc1nc2c(ncn2[C@@H]2O[C@H](COP(=O)(O)O)[C@@H](O)[C@H]2O)c(=O)[nH]1)C(=O)O. The number of hydrogen-bond acceptors (Lipinski definition) is 10. The van der Waals surface area contributed by atoms with Crippen LogP contribution in [0.2, 0.25) is 0 Å². The zero-order chi connectivity index (χ0) is 21.5. The maximum Gasteiger partial charge on any atom is 0.469 e. The molecule has 0 amide bonds. The van der Waals surface area contributed by atoms with Crippen molar-refractivity contribution in [1.82, 2.24) is 19.5 Å². The molecular formula is C13H18N5O10P. The fourth-order valence-corrected chi connectivity index (χ4v) is 3.06. The minimum Gasteiger partial charge on any atom is -0.480 e. The van der Waals surface area contributed by atoms with E-state index in [9.17, 15) is 24.4 Å². The van der Waals surface area contributed by atoms with Crippen molar-refractivity contribution >= 4 is 30.9 Å². The number of ether oxygens (including phenoxy) is 1. The molecule has 1 aliphatic rings. The van der Waals surface area contributed by atoms with Gasteiger partial charge in [-0.1, -0.05) is 0 Å². The molecule has 1 aliphatic heterocycles. The highest BCUT2D eigenvalue weighted by atomic mass is 31.2. The van der Waals surface area contributed by atoms with Crippen LogP contribution in [0.15, 0.2) is 11.1 Å². The molecule has 0 saturated carbocycles. The summed E-state index contributed by atoms with van der Waals surface area (Å²) in [5.41, 5.74) is -0.913. The van der Waals surface area contributed by atoms with E-state index in [0.717, 1.165) is 10.9 Å². The van der Waals surface area contributed by atoms with Gasteiger partial charge in [0.15, 0.2) is 17.4 Å². The number of nitrogens with one attached hydrogen (secondary N) is 2. The number of aliphatic carboxylic acids is 1. The van der Waals surface area contributed by atoms with Gasteiger partial charge in [-0.05, 0) is 6.92 Å². The standard InChI is InChI=1S/C13H18N5O10P/c1-4(12(22)23)15-13-16-9-6(10(21)17-13)14-3-18(9)11-8(20)7(19)5(28-11)2-27-29(24,25)26/h3-5,7-8,11,19-20H,2H2,1H3,(H,22,23)(H2,24,25,26)(H2,15,16,17,21)/t4-,5+,7+,8+,11+/m0/s1. The number of imidazole rings is 1. The number of carboxylic acids is 1. The lowest BCUT2D eigenvalue weighted by molar-refractivity contribution is -0.137. The van der Waals surface area contributed by atoms with Crippen LogP contribution in [0.25, 0.3) is 11.2 Å². The number of fused-ring (bicyclic) bond motifs is 1. The van der Waals surface area contributed by atoms with Crippen LogP contribution in [0, 0.1) is 0 Å². The Labute approximate surface area is 161 Å². The normalized spacial score (nSPS) is 26.0. The third-order valence-corrected chi connectivity index (χ3v) is 4.66. The zero-order valence-corrected chi connectivity index (χ0v) is 15.6. The minimum atomic E-state index is -4.82. The van der Waals surface area contributed by atoms with Gasteiger partial charge in [0, 0.05) is 0 Å². The highest BCUT2D eigenvalue weighted by molar-refractivity contribution is 7.46. The van der Waals surface area contributed by atoms with E-state index < -0.39 is 56.5 Å². The molecule has 16 heteroatoms. The fourth-order valence-electron chi connectivity index (χ4n) is 2.71. The summed E-state index contributed by atoms with van der Waals surface area (Å²) in [4.78, 5) is 51.0. The number of anilines is 1. The Balaban J connectivity index is 1.91. The van der Waals surface area contributed by atoms with E-state index in [1.165, 1.54) is 6.92 Å². The summed E-state index contributed by atoms with van der Waals surface area (Å²) < 4.78 is 21.7. The predicted molar refractivity (Wildman–Crippen MR) is 92.8 cm³/mol. The second kappa shape index (κ2) is 7.79. The summed E-state index contributed by atoms with van der Waals surface area (Å²) in [7, 11) is -4.82. The van der Waals surface area contributed by atoms with E-state index in [2.05, 4.69) is 24.8 Å². The van der Waals surface area contributed by atoms with Crippen molar-refractivity contribution in [3.05, 3.63) is 16.7 Å². The molecule has 7 N–H and O–H groups in total. The Hall–Kier alpha value is -2.39. The Morgan fingerprint density at radius 2 is 2.14 bits per heavy atom. The number of H-pyrrole nitrogens is 1. The van der Waals surface area contributed by atoms with Crippen LogP contribution < -0.4 is 10.9 Å². The Morgan fingerprint density at radius 1 is 1.45 bits per heavy atom. The van der Waals surface area contributed by atoms with Crippen LogP contribution in [0.4, 0.5) is 5.95 Å². The van der Waals surface area contributed by atoms with Crippen LogP contribution in [0.3, 0.4) is 0 Å². The Bertz CT molecular complexity index is 1020. The summed E-state index contributed by atoms with van der Waals surface area (Å²) in [6, 6.07) is -1.07. The number of carboxylic acid groups (broad SMARTS) is 1. The number of aliphatic hydroxyl groups is 2. The third-order valence-electron chi connectivity index (χ3n) is 4.17. The first-order chi connectivity index (χ1) is 13.5. The number of nitrogens with zero attached hydrogens (tertiary/aromatic N) is 3. The molecule has 3 rings (SSSR count). The molecular weight excluding hydrogens is 417 g/mol. The monoisotopic (exact) mass is 435 g/mol. The predicted octanol–water partition coefficient (Wildman–Crippen LogP) is -2.27. The summed E-state index contributed by atoms with van der Waals surface area (Å²) in [6.45, 7) is 0.623. The van der Waals surface area contributed by atoms with Gasteiger partial charge in [0.1, 0.15) is 24.4 Å². The summed E-state index contributed by atoms with van der Waals surface area (Å²) >= 11 is 0. The number of aromatic amines is 1. The molecule has 0 aromatic carbocycles. The smallest absolute Gasteiger partial charge is 0.469 e. The molecule has 1 saturated heterocycles. The van der Waals surface area contributed by atoms with E-state index >= 15 is 0 Å². The summed E-state index contributed by atoms with van der Waals surface area (Å²) in [6.07, 6.45) is -4.60. The molecule has 0 radical (unpaired) electrons. The summed E-state index contributed by atoms with van der Waals surface area (Å²) in [5, 5.41) is 31.8. The van der Waals surface area contributed by atoms with E-state index in [1.54, 1.807) is 0 Å². The number of rotatable bonds is 7. The molecule has 0 spiro atoms. The van der Waals surface area contributed by atoms with Gasteiger partial charge in [0.2, 0.25) is 5.95 Å². The van der Waals surface area contributed by atoms with Gasteiger partial charge in [0.05, 0.1) is 12.9 Å².